The summed E-state index contributed by atoms with van der Waals surface area (Å²) < 4.78 is 21.4. The predicted molar refractivity (Wildman–Crippen MR) is 95.4 cm³/mol. The molecule has 0 bridgehead atoms. The molecule has 0 spiro atoms. The highest BCUT2D eigenvalue weighted by Gasteiger charge is 2.24. The minimum Gasteiger partial charge on any atom is -0.497 e. The van der Waals surface area contributed by atoms with Crippen LogP contribution in [0.15, 0.2) is 35.9 Å². The highest BCUT2D eigenvalue weighted by Crippen LogP contribution is 2.37. The van der Waals surface area contributed by atoms with Crippen LogP contribution in [0.5, 0.6) is 23.0 Å². The number of Topliss-reactive ketones (excluding diaryl/α,β-unsaturated/α-hetero) is 1. The molecule has 130 valence electrons. The average Bonchev–Trinajstić information content (AvgIpc) is 2.63. The zero-order valence-electron chi connectivity index (χ0n) is 14.1. The number of carbonyl (C=O) groups is 1. The summed E-state index contributed by atoms with van der Waals surface area (Å²) >= 11 is 6.22. The lowest BCUT2D eigenvalue weighted by Crippen LogP contribution is -2.19. The van der Waals surface area contributed by atoms with Crippen LogP contribution in [0.25, 0.3) is 6.08 Å². The molecule has 25 heavy (non-hydrogen) atoms. The van der Waals surface area contributed by atoms with Gasteiger partial charge in [0.1, 0.15) is 18.1 Å². The molecule has 2 aromatic rings. The van der Waals surface area contributed by atoms with E-state index in [1.807, 2.05) is 0 Å². The maximum atomic E-state index is 12.8. The molecule has 0 saturated heterocycles. The van der Waals surface area contributed by atoms with Crippen molar-refractivity contribution >= 4 is 23.5 Å². The number of rotatable bonds is 4. The molecule has 0 saturated carbocycles. The Morgan fingerprint density at radius 3 is 2.56 bits per heavy atom. The largest absolute Gasteiger partial charge is 0.497 e. The molecule has 3 rings (SSSR count). The third kappa shape index (κ3) is 3.28. The summed E-state index contributed by atoms with van der Waals surface area (Å²) in [5.74, 6) is 1.99. The molecule has 1 aliphatic heterocycles. The van der Waals surface area contributed by atoms with E-state index in [0.29, 0.717) is 39.2 Å². The van der Waals surface area contributed by atoms with Gasteiger partial charge in [-0.2, -0.15) is 0 Å². The van der Waals surface area contributed by atoms with Crippen molar-refractivity contribution in [2.45, 2.75) is 0 Å². The van der Waals surface area contributed by atoms with Crippen LogP contribution in [0.1, 0.15) is 15.9 Å². The van der Waals surface area contributed by atoms with Gasteiger partial charge >= 0.3 is 0 Å². The second-order valence-corrected chi connectivity index (χ2v) is 5.79. The zero-order valence-corrected chi connectivity index (χ0v) is 14.8. The number of ether oxygens (including phenoxy) is 4. The van der Waals surface area contributed by atoms with Crippen molar-refractivity contribution in [2.24, 2.45) is 0 Å². The second kappa shape index (κ2) is 7.07. The van der Waals surface area contributed by atoms with Crippen LogP contribution in [0.2, 0.25) is 5.02 Å². The summed E-state index contributed by atoms with van der Waals surface area (Å²) in [7, 11) is 4.60. The van der Waals surface area contributed by atoms with Crippen LogP contribution in [0.3, 0.4) is 0 Å². The molecular formula is C19H17ClO5. The zero-order chi connectivity index (χ0) is 18.0. The van der Waals surface area contributed by atoms with E-state index < -0.39 is 0 Å². The number of fused-ring (bicyclic) bond motifs is 1. The van der Waals surface area contributed by atoms with Crippen molar-refractivity contribution in [2.75, 3.05) is 27.9 Å². The van der Waals surface area contributed by atoms with Crippen molar-refractivity contribution in [1.82, 2.24) is 0 Å². The van der Waals surface area contributed by atoms with Gasteiger partial charge in [-0.25, -0.2) is 0 Å². The van der Waals surface area contributed by atoms with Crippen molar-refractivity contribution in [3.05, 3.63) is 52.1 Å². The SMILES string of the molecule is COc1ccc2c(c1)C(=O)/C(=C/c1cc(Cl)c(OC)c(OC)c1)CO2. The highest BCUT2D eigenvalue weighted by molar-refractivity contribution is 6.32. The van der Waals surface area contributed by atoms with Gasteiger partial charge < -0.3 is 18.9 Å². The van der Waals surface area contributed by atoms with Gasteiger partial charge in [0, 0.05) is 5.57 Å². The second-order valence-electron chi connectivity index (χ2n) is 5.39. The quantitative estimate of drug-likeness (QED) is 0.771. The topological polar surface area (TPSA) is 54.0 Å². The fourth-order valence-electron chi connectivity index (χ4n) is 2.66. The standard InChI is InChI=1S/C19H17ClO5/c1-22-13-4-5-16-14(9-13)18(21)12(10-25-16)6-11-7-15(20)19(24-3)17(8-11)23-2/h4-9H,10H2,1-3H3/b12-6+. The van der Waals surface area contributed by atoms with Gasteiger partial charge in [-0.15, -0.1) is 0 Å². The lowest BCUT2D eigenvalue weighted by Gasteiger charge is -2.19. The maximum absolute atomic E-state index is 12.8. The summed E-state index contributed by atoms with van der Waals surface area (Å²) in [4.78, 5) is 12.8. The van der Waals surface area contributed by atoms with E-state index in [2.05, 4.69) is 0 Å². The first-order valence-corrected chi connectivity index (χ1v) is 7.92. The number of methoxy groups -OCH3 is 3. The highest BCUT2D eigenvalue weighted by atomic mass is 35.5. The van der Waals surface area contributed by atoms with E-state index in [9.17, 15) is 4.79 Å². The molecule has 0 N–H and O–H groups in total. The molecule has 2 aromatic carbocycles. The maximum Gasteiger partial charge on any atom is 0.196 e. The van der Waals surface area contributed by atoms with Crippen LogP contribution in [-0.4, -0.2) is 33.7 Å². The monoisotopic (exact) mass is 360 g/mol. The summed E-state index contributed by atoms with van der Waals surface area (Å²) in [6, 6.07) is 8.63. The Labute approximate surface area is 150 Å². The van der Waals surface area contributed by atoms with Crippen molar-refractivity contribution in [3.63, 3.8) is 0 Å². The molecule has 0 unspecified atom stereocenters. The van der Waals surface area contributed by atoms with Gasteiger partial charge in [-0.05, 0) is 42.0 Å². The van der Waals surface area contributed by atoms with Crippen LogP contribution < -0.4 is 18.9 Å². The summed E-state index contributed by atoms with van der Waals surface area (Å²) in [5.41, 5.74) is 1.72. The molecule has 0 radical (unpaired) electrons. The Morgan fingerprint density at radius 2 is 1.88 bits per heavy atom. The summed E-state index contributed by atoms with van der Waals surface area (Å²) in [6.07, 6.45) is 1.73. The van der Waals surface area contributed by atoms with Crippen molar-refractivity contribution in [3.8, 4) is 23.0 Å². The van der Waals surface area contributed by atoms with Gasteiger partial charge in [0.15, 0.2) is 17.3 Å². The van der Waals surface area contributed by atoms with E-state index >= 15 is 0 Å². The molecule has 0 atom stereocenters. The Bertz CT molecular complexity index is 857. The lowest BCUT2D eigenvalue weighted by molar-refractivity contribution is 0.100. The summed E-state index contributed by atoms with van der Waals surface area (Å²) in [6.45, 7) is 0.185. The van der Waals surface area contributed by atoms with E-state index in [1.165, 1.54) is 14.2 Å². The molecule has 6 heteroatoms. The predicted octanol–water partition coefficient (Wildman–Crippen LogP) is 4.02. The molecule has 0 fully saturated rings. The minimum atomic E-state index is -0.106. The lowest BCUT2D eigenvalue weighted by atomic mass is 9.98. The van der Waals surface area contributed by atoms with Crippen molar-refractivity contribution < 1.29 is 23.7 Å². The number of halogens is 1. The van der Waals surface area contributed by atoms with Gasteiger partial charge in [-0.3, -0.25) is 4.79 Å². The summed E-state index contributed by atoms with van der Waals surface area (Å²) in [5, 5.41) is 0.403. The van der Waals surface area contributed by atoms with Gasteiger partial charge in [0.05, 0.1) is 31.9 Å². The number of hydrogen-bond acceptors (Lipinski definition) is 5. The Morgan fingerprint density at radius 1 is 1.08 bits per heavy atom. The van der Waals surface area contributed by atoms with Gasteiger partial charge in [-0.1, -0.05) is 11.6 Å². The molecular weight excluding hydrogens is 344 g/mol. The Balaban J connectivity index is 2.00. The molecule has 0 amide bonds. The fourth-order valence-corrected chi connectivity index (χ4v) is 2.96. The number of carbonyl (C=O) groups excluding carboxylic acids is 1. The van der Waals surface area contributed by atoms with Gasteiger partial charge in [0.25, 0.3) is 0 Å². The average molecular weight is 361 g/mol. The fraction of sp³-hybridized carbons (Fsp3) is 0.211. The number of ketones is 1. The number of hydrogen-bond donors (Lipinski definition) is 0. The third-order valence-electron chi connectivity index (χ3n) is 3.90. The molecule has 1 aliphatic rings. The minimum absolute atomic E-state index is 0.106. The van der Waals surface area contributed by atoms with Crippen LogP contribution in [0, 0.1) is 0 Å². The molecule has 0 aliphatic carbocycles. The van der Waals surface area contributed by atoms with Crippen molar-refractivity contribution in [1.29, 1.82) is 0 Å². The molecule has 1 heterocycles. The molecule has 0 aromatic heterocycles. The first kappa shape index (κ1) is 17.2. The first-order chi connectivity index (χ1) is 12.1. The van der Waals surface area contributed by atoms with E-state index in [4.69, 9.17) is 30.5 Å². The van der Waals surface area contributed by atoms with E-state index in [1.54, 1.807) is 43.5 Å². The number of benzene rings is 2. The molecule has 5 nitrogen and oxygen atoms in total. The van der Waals surface area contributed by atoms with Crippen LogP contribution >= 0.6 is 11.6 Å². The third-order valence-corrected chi connectivity index (χ3v) is 4.18. The smallest absolute Gasteiger partial charge is 0.196 e. The van der Waals surface area contributed by atoms with E-state index in [-0.39, 0.29) is 12.4 Å². The van der Waals surface area contributed by atoms with Crippen LogP contribution in [-0.2, 0) is 0 Å². The Kier molecular flexibility index (Phi) is 4.86. The van der Waals surface area contributed by atoms with Crippen LogP contribution in [0.4, 0.5) is 0 Å². The Hall–Kier alpha value is -2.66. The normalized spacial score (nSPS) is 14.7. The first-order valence-electron chi connectivity index (χ1n) is 7.55. The van der Waals surface area contributed by atoms with E-state index in [0.717, 1.165) is 5.56 Å². The van der Waals surface area contributed by atoms with Gasteiger partial charge in [0.2, 0.25) is 0 Å².